The predicted molar refractivity (Wildman–Crippen MR) is 103 cm³/mol. The zero-order valence-corrected chi connectivity index (χ0v) is 14.8. The molecule has 0 spiro atoms. The van der Waals surface area contributed by atoms with Crippen LogP contribution in [0.5, 0.6) is 5.75 Å². The molecule has 0 aliphatic carbocycles. The summed E-state index contributed by atoms with van der Waals surface area (Å²) in [6.45, 7) is 0. The van der Waals surface area contributed by atoms with Crippen molar-refractivity contribution in [2.45, 2.75) is 4.90 Å². The van der Waals surface area contributed by atoms with Crippen LogP contribution in [0.1, 0.15) is 10.4 Å². The lowest BCUT2D eigenvalue weighted by Crippen LogP contribution is -2.21. The van der Waals surface area contributed by atoms with Crippen LogP contribution in [0, 0.1) is 0 Å². The number of benzene rings is 2. The first-order chi connectivity index (χ1) is 12.0. The highest BCUT2D eigenvalue weighted by molar-refractivity contribution is 7.98. The number of hydrogen-bond donors (Lipinski definition) is 4. The lowest BCUT2D eigenvalue weighted by molar-refractivity contribution is 0.100. The number of thiophene rings is 1. The number of fused-ring (bicyclic) bond motifs is 1. The summed E-state index contributed by atoms with van der Waals surface area (Å²) in [7, 11) is 0. The minimum absolute atomic E-state index is 0.0784. The minimum Gasteiger partial charge on any atom is -0.508 e. The Labute approximate surface area is 152 Å². The fourth-order valence-electron chi connectivity index (χ4n) is 2.36. The quantitative estimate of drug-likeness (QED) is 0.517. The van der Waals surface area contributed by atoms with Gasteiger partial charge in [0.25, 0.3) is 5.91 Å². The Bertz CT molecular complexity index is 952. The van der Waals surface area contributed by atoms with E-state index in [1.807, 2.05) is 18.4 Å². The topological polar surface area (TPSA) is 104 Å². The van der Waals surface area contributed by atoms with Crippen LogP contribution in [0.25, 0.3) is 10.1 Å². The normalized spacial score (nSPS) is 10.6. The number of carbonyl (C=O) groups excluding carboxylic acids is 2. The van der Waals surface area contributed by atoms with Gasteiger partial charge in [0.1, 0.15) is 10.8 Å². The maximum Gasteiger partial charge on any atom is 0.324 e. The first-order valence-corrected chi connectivity index (χ1v) is 9.29. The van der Waals surface area contributed by atoms with Gasteiger partial charge in [-0.1, -0.05) is 0 Å². The Morgan fingerprint density at radius 2 is 1.84 bits per heavy atom. The number of phenols is 1. The van der Waals surface area contributed by atoms with Gasteiger partial charge in [-0.3, -0.25) is 10.1 Å². The lowest BCUT2D eigenvalue weighted by Gasteiger charge is -2.07. The van der Waals surface area contributed by atoms with Crippen molar-refractivity contribution >= 4 is 55.8 Å². The van der Waals surface area contributed by atoms with Crippen molar-refractivity contribution in [3.8, 4) is 5.75 Å². The molecular weight excluding hydrogens is 358 g/mol. The number of rotatable bonds is 4. The van der Waals surface area contributed by atoms with Crippen LogP contribution in [0.4, 0.5) is 15.5 Å². The van der Waals surface area contributed by atoms with Gasteiger partial charge in [0.05, 0.1) is 5.56 Å². The van der Waals surface area contributed by atoms with Crippen molar-refractivity contribution in [1.82, 2.24) is 0 Å². The van der Waals surface area contributed by atoms with E-state index in [-0.39, 0.29) is 11.3 Å². The molecule has 0 bridgehead atoms. The molecule has 25 heavy (non-hydrogen) atoms. The number of phenolic OH excluding ortho intramolecular Hbond substituents is 1. The van der Waals surface area contributed by atoms with Gasteiger partial charge in [-0.05, 0) is 48.7 Å². The molecule has 3 rings (SSSR count). The molecule has 0 saturated heterocycles. The third-order valence-electron chi connectivity index (χ3n) is 3.49. The fourth-order valence-corrected chi connectivity index (χ4v) is 3.90. The Kier molecular flexibility index (Phi) is 4.82. The highest BCUT2D eigenvalue weighted by Crippen LogP contribution is 2.37. The third-order valence-corrected chi connectivity index (χ3v) is 5.31. The summed E-state index contributed by atoms with van der Waals surface area (Å²) in [6, 6.07) is 11.5. The van der Waals surface area contributed by atoms with Crippen LogP contribution in [0.2, 0.25) is 0 Å². The van der Waals surface area contributed by atoms with Crippen molar-refractivity contribution in [2.75, 3.05) is 16.9 Å². The Morgan fingerprint density at radius 1 is 1.12 bits per heavy atom. The molecule has 0 fully saturated rings. The number of anilines is 2. The van der Waals surface area contributed by atoms with Gasteiger partial charge in [-0.15, -0.1) is 23.1 Å². The molecule has 1 aromatic heterocycles. The molecule has 1 heterocycles. The summed E-state index contributed by atoms with van der Waals surface area (Å²) in [5, 5.41) is 15.9. The number of nitrogens with two attached hydrogens (primary N) is 1. The Morgan fingerprint density at radius 3 is 2.48 bits per heavy atom. The van der Waals surface area contributed by atoms with Crippen molar-refractivity contribution in [3.63, 3.8) is 0 Å². The lowest BCUT2D eigenvalue weighted by atomic mass is 10.1. The summed E-state index contributed by atoms with van der Waals surface area (Å²) in [4.78, 5) is 25.1. The smallest absolute Gasteiger partial charge is 0.324 e. The van der Waals surface area contributed by atoms with Crippen LogP contribution in [0.3, 0.4) is 0 Å². The van der Waals surface area contributed by atoms with Crippen molar-refractivity contribution in [1.29, 1.82) is 0 Å². The third kappa shape index (κ3) is 3.70. The molecule has 3 aromatic rings. The summed E-state index contributed by atoms with van der Waals surface area (Å²) < 4.78 is 0.661. The van der Waals surface area contributed by atoms with E-state index in [1.54, 1.807) is 30.0 Å². The van der Waals surface area contributed by atoms with Crippen LogP contribution >= 0.6 is 23.1 Å². The van der Waals surface area contributed by atoms with E-state index in [2.05, 4.69) is 10.6 Å². The highest BCUT2D eigenvalue weighted by Gasteiger charge is 2.19. The molecule has 3 amide bonds. The van der Waals surface area contributed by atoms with Gasteiger partial charge in [-0.25, -0.2) is 4.79 Å². The maximum absolute atomic E-state index is 12.2. The van der Waals surface area contributed by atoms with E-state index in [0.717, 1.165) is 4.90 Å². The summed E-state index contributed by atoms with van der Waals surface area (Å²) in [5.41, 5.74) is 6.32. The van der Waals surface area contributed by atoms with Crippen LogP contribution < -0.4 is 16.4 Å². The second-order valence-electron chi connectivity index (χ2n) is 5.16. The number of hydrogen-bond acceptors (Lipinski definition) is 5. The van der Waals surface area contributed by atoms with Crippen molar-refractivity contribution < 1.29 is 14.7 Å². The van der Waals surface area contributed by atoms with E-state index in [0.29, 0.717) is 20.8 Å². The molecule has 2 aromatic carbocycles. The predicted octanol–water partition coefficient (Wildman–Crippen LogP) is 4.07. The zero-order chi connectivity index (χ0) is 18.0. The molecule has 0 unspecified atom stereocenters. The molecule has 5 N–H and O–H groups in total. The number of carbonyl (C=O) groups is 2. The second kappa shape index (κ2) is 7.04. The van der Waals surface area contributed by atoms with Crippen LogP contribution in [-0.2, 0) is 0 Å². The standard InChI is InChI=1S/C17H15N3O3S2/c1-24-11-5-2-9(3-6-11)19-17(23)20-16-14(15(18)22)12-7-4-10(21)8-13(12)25-16/h2-8,21H,1H3,(H2,18,22)(H2,19,20,23). The van der Waals surface area contributed by atoms with Gasteiger partial charge in [0.2, 0.25) is 0 Å². The summed E-state index contributed by atoms with van der Waals surface area (Å²) in [6.07, 6.45) is 1.97. The zero-order valence-electron chi connectivity index (χ0n) is 13.2. The van der Waals surface area contributed by atoms with Gasteiger partial charge in [0, 0.05) is 20.7 Å². The van der Waals surface area contributed by atoms with Crippen LogP contribution in [-0.4, -0.2) is 23.3 Å². The van der Waals surface area contributed by atoms with E-state index < -0.39 is 11.9 Å². The molecule has 128 valence electrons. The number of amides is 3. The SMILES string of the molecule is CSc1ccc(NC(=O)Nc2sc3cc(O)ccc3c2C(N)=O)cc1. The van der Waals surface area contributed by atoms with E-state index in [4.69, 9.17) is 5.73 Å². The summed E-state index contributed by atoms with van der Waals surface area (Å²) in [5.74, 6) is -0.564. The van der Waals surface area contributed by atoms with E-state index in [1.165, 1.54) is 23.5 Å². The van der Waals surface area contributed by atoms with Crippen molar-refractivity contribution in [3.05, 3.63) is 48.0 Å². The molecule has 0 saturated carbocycles. The number of aromatic hydroxyl groups is 1. The average molecular weight is 373 g/mol. The largest absolute Gasteiger partial charge is 0.508 e. The van der Waals surface area contributed by atoms with Gasteiger partial charge < -0.3 is 16.2 Å². The maximum atomic E-state index is 12.2. The van der Waals surface area contributed by atoms with E-state index >= 15 is 0 Å². The molecule has 0 atom stereocenters. The molecular formula is C17H15N3O3S2. The molecule has 0 aliphatic heterocycles. The monoisotopic (exact) mass is 373 g/mol. The first kappa shape index (κ1) is 17.1. The molecule has 8 heteroatoms. The highest BCUT2D eigenvalue weighted by atomic mass is 32.2. The number of nitrogens with one attached hydrogen (secondary N) is 2. The van der Waals surface area contributed by atoms with E-state index in [9.17, 15) is 14.7 Å². The average Bonchev–Trinajstić information content (AvgIpc) is 2.92. The van der Waals surface area contributed by atoms with Crippen molar-refractivity contribution in [2.24, 2.45) is 5.73 Å². The minimum atomic E-state index is -0.642. The number of urea groups is 1. The fraction of sp³-hybridized carbons (Fsp3) is 0.0588. The molecule has 0 aliphatic rings. The summed E-state index contributed by atoms with van der Waals surface area (Å²) >= 11 is 2.78. The van der Waals surface area contributed by atoms with Crippen LogP contribution in [0.15, 0.2) is 47.4 Å². The molecule has 0 radical (unpaired) electrons. The second-order valence-corrected chi connectivity index (χ2v) is 7.09. The Balaban J connectivity index is 1.84. The van der Waals surface area contributed by atoms with Gasteiger partial charge in [-0.2, -0.15) is 0 Å². The van der Waals surface area contributed by atoms with Gasteiger partial charge >= 0.3 is 6.03 Å². The van der Waals surface area contributed by atoms with Gasteiger partial charge in [0.15, 0.2) is 0 Å². The number of primary amides is 1. The Hall–Kier alpha value is -2.71. The number of thioether (sulfide) groups is 1. The first-order valence-electron chi connectivity index (χ1n) is 7.25. The molecule has 6 nitrogen and oxygen atoms in total.